The summed E-state index contributed by atoms with van der Waals surface area (Å²) in [5.74, 6) is 1.61. The number of benzene rings is 1. The highest BCUT2D eigenvalue weighted by Gasteiger charge is 2.39. The molecule has 0 unspecified atom stereocenters. The van der Waals surface area contributed by atoms with Crippen molar-refractivity contribution in [2.75, 3.05) is 6.61 Å². The van der Waals surface area contributed by atoms with Gasteiger partial charge in [0.25, 0.3) is 0 Å². The highest BCUT2D eigenvalue weighted by Crippen LogP contribution is 2.48. The van der Waals surface area contributed by atoms with Gasteiger partial charge in [0.2, 0.25) is 0 Å². The zero-order valence-electron chi connectivity index (χ0n) is 13.5. The number of fused-ring (bicyclic) bond motifs is 1. The Hall–Kier alpha value is -1.05. The monoisotopic (exact) mass is 290 g/mol. The molecule has 1 saturated carbocycles. The number of hydrogen-bond acceptors (Lipinski definition) is 1. The second kappa shape index (κ2) is 5.62. The van der Waals surface area contributed by atoms with E-state index in [0.717, 1.165) is 24.8 Å². The van der Waals surface area contributed by atoms with Crippen LogP contribution in [-0.4, -0.2) is 6.61 Å². The van der Waals surface area contributed by atoms with Crippen molar-refractivity contribution in [3.8, 4) is 5.75 Å². The molecule has 3 rings (SSSR count). The molecule has 1 fully saturated rings. The van der Waals surface area contributed by atoms with Crippen LogP contribution in [0.2, 0.25) is 0 Å². The predicted octanol–water partition coefficient (Wildman–Crippen LogP) is 5.25. The van der Waals surface area contributed by atoms with Crippen LogP contribution in [0.25, 0.3) is 0 Å². The number of rotatable bonds is 5. The van der Waals surface area contributed by atoms with E-state index in [1.54, 1.807) is 6.07 Å². The lowest BCUT2D eigenvalue weighted by molar-refractivity contribution is 0.240. The molecule has 0 N–H and O–H groups in total. The fourth-order valence-electron chi connectivity index (χ4n) is 4.05. The molecule has 1 aromatic carbocycles. The summed E-state index contributed by atoms with van der Waals surface area (Å²) in [5.41, 5.74) is 2.69. The van der Waals surface area contributed by atoms with Crippen molar-refractivity contribution in [1.29, 1.82) is 0 Å². The van der Waals surface area contributed by atoms with Crippen molar-refractivity contribution >= 4 is 0 Å². The smallest absolute Gasteiger partial charge is 0.165 e. The molecule has 2 aliphatic carbocycles. The number of hydrogen-bond donors (Lipinski definition) is 0. The third-order valence-corrected chi connectivity index (χ3v) is 5.69. The van der Waals surface area contributed by atoms with Crippen molar-refractivity contribution in [2.24, 2.45) is 11.8 Å². The second-order valence-corrected chi connectivity index (χ2v) is 7.17. The Kier molecular flexibility index (Phi) is 3.98. The average Bonchev–Trinajstić information content (AvgIpc) is 3.29. The summed E-state index contributed by atoms with van der Waals surface area (Å²) < 4.78 is 20.2. The lowest BCUT2D eigenvalue weighted by Gasteiger charge is -2.42. The van der Waals surface area contributed by atoms with Gasteiger partial charge in [0, 0.05) is 5.56 Å². The average molecular weight is 290 g/mol. The molecule has 1 aromatic rings. The first-order valence-electron chi connectivity index (χ1n) is 8.53. The zero-order chi connectivity index (χ0) is 15.0. The van der Waals surface area contributed by atoms with Crippen molar-refractivity contribution in [3.63, 3.8) is 0 Å². The van der Waals surface area contributed by atoms with Crippen molar-refractivity contribution in [2.45, 2.75) is 64.7 Å². The normalized spacial score (nSPS) is 25.0. The van der Waals surface area contributed by atoms with Crippen molar-refractivity contribution in [1.82, 2.24) is 0 Å². The van der Waals surface area contributed by atoms with Gasteiger partial charge >= 0.3 is 0 Å². The summed E-state index contributed by atoms with van der Waals surface area (Å²) in [6.07, 6.45) is 6.90. The molecular weight excluding hydrogens is 263 g/mol. The third-order valence-electron chi connectivity index (χ3n) is 5.69. The molecule has 0 aliphatic heterocycles. The molecular formula is C19H27FO. The Bertz CT molecular complexity index is 519. The van der Waals surface area contributed by atoms with Gasteiger partial charge in [0.1, 0.15) is 0 Å². The van der Waals surface area contributed by atoms with E-state index < -0.39 is 0 Å². The Balaban J connectivity index is 2.01. The summed E-state index contributed by atoms with van der Waals surface area (Å²) in [5, 5.41) is 0. The van der Waals surface area contributed by atoms with E-state index in [2.05, 4.69) is 20.8 Å². The van der Waals surface area contributed by atoms with Crippen LogP contribution in [0, 0.1) is 17.7 Å². The summed E-state index contributed by atoms with van der Waals surface area (Å²) in [6.45, 7) is 7.55. The Labute approximate surface area is 127 Å². The van der Waals surface area contributed by atoms with E-state index in [0.29, 0.717) is 24.2 Å². The maximum atomic E-state index is 14.3. The molecule has 0 heterocycles. The molecule has 116 valence electrons. The van der Waals surface area contributed by atoms with Gasteiger partial charge < -0.3 is 4.74 Å². The summed E-state index contributed by atoms with van der Waals surface area (Å²) in [4.78, 5) is 0. The largest absolute Gasteiger partial charge is 0.490 e. The standard InChI is InChI=1S/C19H27FO/c1-4-19(13(2)3)11-5-6-15-16(19)9-10-17(20)18(15)21-12-14-7-8-14/h9-10,13-14H,4-8,11-12H2,1-3H3/t19-/m1/s1. The molecule has 2 aliphatic rings. The van der Waals surface area contributed by atoms with Gasteiger partial charge in [-0.15, -0.1) is 0 Å². The van der Waals surface area contributed by atoms with Crippen LogP contribution in [0.5, 0.6) is 5.75 Å². The van der Waals surface area contributed by atoms with Crippen LogP contribution in [0.3, 0.4) is 0 Å². The Morgan fingerprint density at radius 3 is 2.71 bits per heavy atom. The molecule has 0 spiro atoms. The van der Waals surface area contributed by atoms with Crippen LogP contribution in [-0.2, 0) is 11.8 Å². The molecule has 21 heavy (non-hydrogen) atoms. The van der Waals surface area contributed by atoms with Crippen LogP contribution in [0.15, 0.2) is 12.1 Å². The highest BCUT2D eigenvalue weighted by atomic mass is 19.1. The topological polar surface area (TPSA) is 9.23 Å². The minimum absolute atomic E-state index is 0.176. The van der Waals surface area contributed by atoms with Gasteiger partial charge in [-0.05, 0) is 67.4 Å². The predicted molar refractivity (Wildman–Crippen MR) is 84.4 cm³/mol. The first-order chi connectivity index (χ1) is 10.1. The quantitative estimate of drug-likeness (QED) is 0.719. The second-order valence-electron chi connectivity index (χ2n) is 7.17. The molecule has 0 radical (unpaired) electrons. The van der Waals surface area contributed by atoms with E-state index in [4.69, 9.17) is 4.74 Å². The summed E-state index contributed by atoms with van der Waals surface area (Å²) in [7, 11) is 0. The third kappa shape index (κ3) is 2.58. The van der Waals surface area contributed by atoms with Gasteiger partial charge in [-0.1, -0.05) is 26.8 Å². The SMILES string of the molecule is CC[C@]1(C(C)C)CCCc2c1ccc(F)c2OCC1CC1. The molecule has 1 atom stereocenters. The Morgan fingerprint density at radius 1 is 1.33 bits per heavy atom. The van der Waals surface area contributed by atoms with Crippen molar-refractivity contribution in [3.05, 3.63) is 29.1 Å². The summed E-state index contributed by atoms with van der Waals surface area (Å²) in [6, 6.07) is 3.65. The van der Waals surface area contributed by atoms with Gasteiger partial charge in [-0.25, -0.2) is 4.39 Å². The highest BCUT2D eigenvalue weighted by molar-refractivity contribution is 5.47. The van der Waals surface area contributed by atoms with E-state index in [9.17, 15) is 4.39 Å². The van der Waals surface area contributed by atoms with Crippen LogP contribution in [0.4, 0.5) is 4.39 Å². The molecule has 0 saturated heterocycles. The van der Waals surface area contributed by atoms with E-state index in [-0.39, 0.29) is 11.2 Å². The Morgan fingerprint density at radius 2 is 2.10 bits per heavy atom. The molecule has 1 nitrogen and oxygen atoms in total. The lowest BCUT2D eigenvalue weighted by Crippen LogP contribution is -2.36. The zero-order valence-corrected chi connectivity index (χ0v) is 13.5. The first-order valence-corrected chi connectivity index (χ1v) is 8.53. The fraction of sp³-hybridized carbons (Fsp3) is 0.684. The van der Waals surface area contributed by atoms with Gasteiger partial charge in [-0.3, -0.25) is 0 Å². The van der Waals surface area contributed by atoms with E-state index in [1.807, 2.05) is 6.07 Å². The number of ether oxygens (including phenoxy) is 1. The molecule has 0 amide bonds. The van der Waals surface area contributed by atoms with Gasteiger partial charge in [0.15, 0.2) is 11.6 Å². The first kappa shape index (κ1) is 14.9. The lowest BCUT2D eigenvalue weighted by atomic mass is 9.62. The van der Waals surface area contributed by atoms with Crippen LogP contribution in [0.1, 0.15) is 64.0 Å². The molecule has 0 aromatic heterocycles. The number of halogens is 1. The van der Waals surface area contributed by atoms with Gasteiger partial charge in [-0.2, -0.15) is 0 Å². The summed E-state index contributed by atoms with van der Waals surface area (Å²) >= 11 is 0. The maximum absolute atomic E-state index is 14.3. The van der Waals surface area contributed by atoms with Crippen LogP contribution >= 0.6 is 0 Å². The minimum Gasteiger partial charge on any atom is -0.490 e. The minimum atomic E-state index is -0.176. The van der Waals surface area contributed by atoms with Crippen LogP contribution < -0.4 is 4.74 Å². The van der Waals surface area contributed by atoms with Gasteiger partial charge in [0.05, 0.1) is 6.61 Å². The van der Waals surface area contributed by atoms with E-state index in [1.165, 1.54) is 24.8 Å². The maximum Gasteiger partial charge on any atom is 0.165 e. The van der Waals surface area contributed by atoms with E-state index >= 15 is 0 Å². The molecule has 0 bridgehead atoms. The molecule has 2 heteroatoms. The fourth-order valence-corrected chi connectivity index (χ4v) is 4.05. The van der Waals surface area contributed by atoms with Crippen molar-refractivity contribution < 1.29 is 9.13 Å².